The van der Waals surface area contributed by atoms with Gasteiger partial charge in [-0.05, 0) is 42.0 Å². The summed E-state index contributed by atoms with van der Waals surface area (Å²) in [4.78, 5) is 11.9. The number of anilines is 2. The normalized spacial score (nSPS) is 14.4. The van der Waals surface area contributed by atoms with Gasteiger partial charge in [0.25, 0.3) is 5.91 Å². The third kappa shape index (κ3) is 3.86. The fourth-order valence-corrected chi connectivity index (χ4v) is 2.39. The van der Waals surface area contributed by atoms with Gasteiger partial charge in [-0.1, -0.05) is 39.0 Å². The lowest BCUT2D eigenvalue weighted by Crippen LogP contribution is -2.26. The van der Waals surface area contributed by atoms with Crippen molar-refractivity contribution in [3.8, 4) is 0 Å². The van der Waals surface area contributed by atoms with E-state index in [1.54, 1.807) is 12.1 Å². The lowest BCUT2D eigenvalue weighted by atomic mass is 9.86. The Labute approximate surface area is 136 Å². The van der Waals surface area contributed by atoms with Gasteiger partial charge in [0.15, 0.2) is 11.5 Å². The van der Waals surface area contributed by atoms with Crippen molar-refractivity contribution in [1.82, 2.24) is 15.5 Å². The predicted molar refractivity (Wildman–Crippen MR) is 90.9 cm³/mol. The van der Waals surface area contributed by atoms with Crippen LogP contribution in [-0.2, 0) is 5.41 Å². The number of carbonyl (C=O) groups excluding carboxylic acids is 1. The molecule has 3 rings (SSSR count). The molecule has 0 unspecified atom stereocenters. The molecule has 1 amide bonds. The number of amides is 1. The minimum atomic E-state index is -0.151. The van der Waals surface area contributed by atoms with Crippen molar-refractivity contribution in [2.75, 3.05) is 5.32 Å². The van der Waals surface area contributed by atoms with E-state index in [9.17, 15) is 4.79 Å². The number of hydrogen-bond acceptors (Lipinski definition) is 4. The molecular weight excluding hydrogens is 288 g/mol. The maximum atomic E-state index is 11.9. The van der Waals surface area contributed by atoms with Crippen LogP contribution >= 0.6 is 0 Å². The number of rotatable bonds is 4. The van der Waals surface area contributed by atoms with E-state index in [2.05, 4.69) is 47.7 Å². The quantitative estimate of drug-likeness (QED) is 0.908. The summed E-state index contributed by atoms with van der Waals surface area (Å²) in [6.45, 7) is 6.51. The van der Waals surface area contributed by atoms with Crippen LogP contribution in [0.1, 0.15) is 49.7 Å². The van der Waals surface area contributed by atoms with Gasteiger partial charge in [0.2, 0.25) is 0 Å². The zero-order valence-electron chi connectivity index (χ0n) is 13.8. The summed E-state index contributed by atoms with van der Waals surface area (Å²) in [7, 11) is 0. The average Bonchev–Trinajstić information content (AvgIpc) is 3.31. The lowest BCUT2D eigenvalue weighted by molar-refractivity contribution is 0.0945. The van der Waals surface area contributed by atoms with Crippen LogP contribution in [0.15, 0.2) is 36.4 Å². The van der Waals surface area contributed by atoms with Crippen molar-refractivity contribution in [3.05, 3.63) is 47.7 Å². The van der Waals surface area contributed by atoms with Crippen molar-refractivity contribution in [3.63, 3.8) is 0 Å². The first-order valence-corrected chi connectivity index (χ1v) is 7.94. The van der Waals surface area contributed by atoms with Gasteiger partial charge in [-0.3, -0.25) is 4.79 Å². The van der Waals surface area contributed by atoms with E-state index >= 15 is 0 Å². The SMILES string of the molecule is CC(C)(C)c1ccccc1Nc1ccc(C(=O)NC2CC2)nn1. The molecule has 0 aliphatic heterocycles. The van der Waals surface area contributed by atoms with Crippen LogP contribution in [0.3, 0.4) is 0 Å². The predicted octanol–water partition coefficient (Wildman–Crippen LogP) is 3.41. The first-order valence-electron chi connectivity index (χ1n) is 7.94. The largest absolute Gasteiger partial charge is 0.348 e. The van der Waals surface area contributed by atoms with Gasteiger partial charge in [-0.15, -0.1) is 10.2 Å². The Hall–Kier alpha value is -2.43. The lowest BCUT2D eigenvalue weighted by Gasteiger charge is -2.23. The Kier molecular flexibility index (Phi) is 4.03. The van der Waals surface area contributed by atoms with Gasteiger partial charge in [-0.25, -0.2) is 0 Å². The monoisotopic (exact) mass is 310 g/mol. The van der Waals surface area contributed by atoms with E-state index in [4.69, 9.17) is 0 Å². The fraction of sp³-hybridized carbons (Fsp3) is 0.389. The maximum Gasteiger partial charge on any atom is 0.272 e. The van der Waals surface area contributed by atoms with Crippen molar-refractivity contribution < 1.29 is 4.79 Å². The summed E-state index contributed by atoms with van der Waals surface area (Å²) in [6.07, 6.45) is 2.12. The third-order valence-electron chi connectivity index (χ3n) is 3.81. The van der Waals surface area contributed by atoms with Crippen molar-refractivity contribution in [1.29, 1.82) is 0 Å². The molecule has 0 saturated heterocycles. The summed E-state index contributed by atoms with van der Waals surface area (Å²) >= 11 is 0. The summed E-state index contributed by atoms with van der Waals surface area (Å²) < 4.78 is 0. The number of para-hydroxylation sites is 1. The number of hydrogen-bond donors (Lipinski definition) is 2. The second-order valence-corrected chi connectivity index (χ2v) is 6.97. The van der Waals surface area contributed by atoms with Gasteiger partial charge in [0.05, 0.1) is 0 Å². The first-order chi connectivity index (χ1) is 10.9. The highest BCUT2D eigenvalue weighted by Crippen LogP contribution is 2.30. The van der Waals surface area contributed by atoms with E-state index < -0.39 is 0 Å². The van der Waals surface area contributed by atoms with Gasteiger partial charge >= 0.3 is 0 Å². The summed E-state index contributed by atoms with van der Waals surface area (Å²) in [5.41, 5.74) is 2.59. The number of nitrogens with one attached hydrogen (secondary N) is 2. The summed E-state index contributed by atoms with van der Waals surface area (Å²) in [5.74, 6) is 0.478. The van der Waals surface area contributed by atoms with Crippen LogP contribution in [0.5, 0.6) is 0 Å². The minimum absolute atomic E-state index is 0.0289. The molecule has 1 aliphatic rings. The van der Waals surface area contributed by atoms with Gasteiger partial charge < -0.3 is 10.6 Å². The molecule has 1 aromatic carbocycles. The topological polar surface area (TPSA) is 66.9 Å². The van der Waals surface area contributed by atoms with Crippen molar-refractivity contribution in [2.24, 2.45) is 0 Å². The molecule has 1 heterocycles. The van der Waals surface area contributed by atoms with E-state index in [0.29, 0.717) is 17.6 Å². The molecule has 5 nitrogen and oxygen atoms in total. The Bertz CT molecular complexity index is 700. The molecule has 1 saturated carbocycles. The van der Waals surface area contributed by atoms with E-state index in [-0.39, 0.29) is 11.3 Å². The molecular formula is C18H22N4O. The Morgan fingerprint density at radius 1 is 1.09 bits per heavy atom. The molecule has 1 fully saturated rings. The first kappa shape index (κ1) is 15.5. The number of nitrogens with zero attached hydrogens (tertiary/aromatic N) is 2. The number of carbonyl (C=O) groups is 1. The smallest absolute Gasteiger partial charge is 0.272 e. The second-order valence-electron chi connectivity index (χ2n) is 6.97. The van der Waals surface area contributed by atoms with Crippen LogP contribution in [0.25, 0.3) is 0 Å². The third-order valence-corrected chi connectivity index (χ3v) is 3.81. The Morgan fingerprint density at radius 2 is 1.83 bits per heavy atom. The molecule has 0 spiro atoms. The van der Waals surface area contributed by atoms with Crippen LogP contribution in [0.2, 0.25) is 0 Å². The molecule has 23 heavy (non-hydrogen) atoms. The second kappa shape index (κ2) is 5.99. The zero-order chi connectivity index (χ0) is 16.4. The molecule has 1 aromatic heterocycles. The fourth-order valence-electron chi connectivity index (χ4n) is 2.39. The highest BCUT2D eigenvalue weighted by molar-refractivity contribution is 5.92. The standard InChI is InChI=1S/C18H22N4O/c1-18(2,3)13-6-4-5-7-14(13)20-16-11-10-15(21-22-16)17(23)19-12-8-9-12/h4-7,10-12H,8-9H2,1-3H3,(H,19,23)(H,20,22). The highest BCUT2D eigenvalue weighted by atomic mass is 16.2. The molecule has 2 aromatic rings. The minimum Gasteiger partial charge on any atom is -0.348 e. The van der Waals surface area contributed by atoms with Crippen LogP contribution in [-0.4, -0.2) is 22.1 Å². The number of benzene rings is 1. The van der Waals surface area contributed by atoms with Gasteiger partial charge in [0.1, 0.15) is 0 Å². The Morgan fingerprint density at radius 3 is 2.43 bits per heavy atom. The molecule has 0 atom stereocenters. The molecule has 1 aliphatic carbocycles. The zero-order valence-corrected chi connectivity index (χ0v) is 13.8. The van der Waals surface area contributed by atoms with Crippen LogP contribution in [0, 0.1) is 0 Å². The van der Waals surface area contributed by atoms with Crippen LogP contribution < -0.4 is 10.6 Å². The van der Waals surface area contributed by atoms with Gasteiger partial charge in [0, 0.05) is 11.7 Å². The van der Waals surface area contributed by atoms with Crippen LogP contribution in [0.4, 0.5) is 11.5 Å². The van der Waals surface area contributed by atoms with Crippen molar-refractivity contribution >= 4 is 17.4 Å². The summed E-state index contributed by atoms with van der Waals surface area (Å²) in [6, 6.07) is 12.0. The average molecular weight is 310 g/mol. The summed E-state index contributed by atoms with van der Waals surface area (Å²) in [5, 5.41) is 14.3. The van der Waals surface area contributed by atoms with Gasteiger partial charge in [-0.2, -0.15) is 0 Å². The molecule has 2 N–H and O–H groups in total. The maximum absolute atomic E-state index is 11.9. The van der Waals surface area contributed by atoms with E-state index in [1.807, 2.05) is 18.2 Å². The van der Waals surface area contributed by atoms with Crippen molar-refractivity contribution in [2.45, 2.75) is 45.1 Å². The van der Waals surface area contributed by atoms with E-state index in [0.717, 1.165) is 18.5 Å². The molecule has 120 valence electrons. The Balaban J connectivity index is 1.75. The number of aromatic nitrogens is 2. The molecule has 5 heteroatoms. The van der Waals surface area contributed by atoms with E-state index in [1.165, 1.54) is 5.56 Å². The molecule has 0 radical (unpaired) electrons. The molecule has 0 bridgehead atoms. The highest BCUT2D eigenvalue weighted by Gasteiger charge is 2.24.